The van der Waals surface area contributed by atoms with Crippen LogP contribution in [0.4, 0.5) is 0 Å². The summed E-state index contributed by atoms with van der Waals surface area (Å²) >= 11 is 0. The summed E-state index contributed by atoms with van der Waals surface area (Å²) in [5.74, 6) is 1.13. The number of ether oxygens (including phenoxy) is 1. The molecule has 2 aromatic carbocycles. The van der Waals surface area contributed by atoms with Gasteiger partial charge in [-0.05, 0) is 47.7 Å². The third kappa shape index (κ3) is 1.93. The number of carbonyl (C=O) groups is 1. The summed E-state index contributed by atoms with van der Waals surface area (Å²) in [6.45, 7) is 2.08. The quantitative estimate of drug-likeness (QED) is 0.812. The van der Waals surface area contributed by atoms with Crippen molar-refractivity contribution < 1.29 is 9.53 Å². The highest BCUT2D eigenvalue weighted by molar-refractivity contribution is 6.02. The maximum atomic E-state index is 11.8. The molecular weight excluding hydrogens is 236 g/mol. The molecule has 19 heavy (non-hydrogen) atoms. The van der Waals surface area contributed by atoms with E-state index >= 15 is 0 Å². The smallest absolute Gasteiger partial charge is 0.163 e. The van der Waals surface area contributed by atoms with E-state index in [-0.39, 0.29) is 5.78 Å². The van der Waals surface area contributed by atoms with E-state index in [0.29, 0.717) is 6.42 Å². The van der Waals surface area contributed by atoms with Crippen LogP contribution in [0.1, 0.15) is 27.9 Å². The Hall–Kier alpha value is -2.09. The fraction of sp³-hybridized carbons (Fsp3) is 0.235. The molecule has 96 valence electrons. The standard InChI is InChI=1S/C17H16O2/c1-11-10-12(19-2)6-7-13(11)14-4-3-5-16-15(14)8-9-17(16)18/h3-7,10H,8-9H2,1-2H3. The highest BCUT2D eigenvalue weighted by atomic mass is 16.5. The van der Waals surface area contributed by atoms with E-state index in [1.54, 1.807) is 7.11 Å². The molecule has 0 atom stereocenters. The Morgan fingerprint density at radius 2 is 1.79 bits per heavy atom. The monoisotopic (exact) mass is 252 g/mol. The highest BCUT2D eigenvalue weighted by Gasteiger charge is 2.22. The average Bonchev–Trinajstić information content (AvgIpc) is 2.81. The SMILES string of the molecule is COc1ccc(-c2cccc3c2CCC3=O)c(C)c1. The first kappa shape index (κ1) is 12.0. The van der Waals surface area contributed by atoms with E-state index in [1.807, 2.05) is 24.3 Å². The number of carbonyl (C=O) groups excluding carboxylic acids is 1. The summed E-state index contributed by atoms with van der Waals surface area (Å²) in [6, 6.07) is 12.1. The molecule has 2 heteroatoms. The van der Waals surface area contributed by atoms with E-state index in [1.165, 1.54) is 22.3 Å². The molecule has 0 amide bonds. The van der Waals surface area contributed by atoms with Gasteiger partial charge in [0, 0.05) is 12.0 Å². The Kier molecular flexibility index (Phi) is 2.86. The second-order valence-corrected chi connectivity index (χ2v) is 4.94. The van der Waals surface area contributed by atoms with E-state index in [0.717, 1.165) is 17.7 Å². The van der Waals surface area contributed by atoms with Gasteiger partial charge in [0.05, 0.1) is 7.11 Å². The zero-order valence-electron chi connectivity index (χ0n) is 11.2. The topological polar surface area (TPSA) is 26.3 Å². The summed E-state index contributed by atoms with van der Waals surface area (Å²) in [7, 11) is 1.67. The highest BCUT2D eigenvalue weighted by Crippen LogP contribution is 2.35. The molecule has 0 N–H and O–H groups in total. The van der Waals surface area contributed by atoms with Crippen LogP contribution in [0.25, 0.3) is 11.1 Å². The Morgan fingerprint density at radius 1 is 1.00 bits per heavy atom. The van der Waals surface area contributed by atoms with Gasteiger partial charge in [-0.2, -0.15) is 0 Å². The second kappa shape index (κ2) is 4.54. The molecule has 0 fully saturated rings. The van der Waals surface area contributed by atoms with Gasteiger partial charge in [-0.3, -0.25) is 4.79 Å². The molecular formula is C17H16O2. The molecule has 0 aromatic heterocycles. The van der Waals surface area contributed by atoms with Gasteiger partial charge in [0.25, 0.3) is 0 Å². The van der Waals surface area contributed by atoms with Crippen molar-refractivity contribution in [1.82, 2.24) is 0 Å². The van der Waals surface area contributed by atoms with Crippen LogP contribution in [0.5, 0.6) is 5.75 Å². The minimum atomic E-state index is 0.267. The fourth-order valence-electron chi connectivity index (χ4n) is 2.81. The van der Waals surface area contributed by atoms with Crippen LogP contribution in [-0.4, -0.2) is 12.9 Å². The van der Waals surface area contributed by atoms with E-state index < -0.39 is 0 Å². The van der Waals surface area contributed by atoms with Gasteiger partial charge in [-0.25, -0.2) is 0 Å². The lowest BCUT2D eigenvalue weighted by atomic mass is 9.94. The number of Topliss-reactive ketones (excluding diaryl/α,β-unsaturated/α-hetero) is 1. The largest absolute Gasteiger partial charge is 0.497 e. The molecule has 0 spiro atoms. The van der Waals surface area contributed by atoms with Gasteiger partial charge in [-0.1, -0.05) is 24.3 Å². The first-order valence-corrected chi connectivity index (χ1v) is 6.51. The Bertz CT molecular complexity index is 656. The first-order valence-electron chi connectivity index (χ1n) is 6.51. The predicted molar refractivity (Wildman–Crippen MR) is 75.8 cm³/mol. The summed E-state index contributed by atoms with van der Waals surface area (Å²) in [6.07, 6.45) is 1.50. The van der Waals surface area contributed by atoms with Crippen LogP contribution in [-0.2, 0) is 6.42 Å². The first-order chi connectivity index (χ1) is 9.20. The fourth-order valence-corrected chi connectivity index (χ4v) is 2.81. The van der Waals surface area contributed by atoms with Crippen LogP contribution < -0.4 is 4.74 Å². The number of aryl methyl sites for hydroxylation is 1. The molecule has 0 heterocycles. The molecule has 2 nitrogen and oxygen atoms in total. The van der Waals surface area contributed by atoms with Crippen molar-refractivity contribution in [1.29, 1.82) is 0 Å². The number of hydrogen-bond donors (Lipinski definition) is 0. The van der Waals surface area contributed by atoms with Gasteiger partial charge < -0.3 is 4.74 Å². The summed E-state index contributed by atoms with van der Waals surface area (Å²) < 4.78 is 5.24. The molecule has 2 aromatic rings. The number of hydrogen-bond acceptors (Lipinski definition) is 2. The molecule has 1 aliphatic carbocycles. The van der Waals surface area contributed by atoms with Gasteiger partial charge >= 0.3 is 0 Å². The molecule has 0 unspecified atom stereocenters. The van der Waals surface area contributed by atoms with Gasteiger partial charge in [0.1, 0.15) is 5.75 Å². The number of ketones is 1. The lowest BCUT2D eigenvalue weighted by Gasteiger charge is -2.12. The molecule has 0 radical (unpaired) electrons. The third-order valence-electron chi connectivity index (χ3n) is 3.80. The van der Waals surface area contributed by atoms with Gasteiger partial charge in [0.15, 0.2) is 5.78 Å². The molecule has 1 aliphatic rings. The van der Waals surface area contributed by atoms with Crippen LogP contribution in [0.15, 0.2) is 36.4 Å². The number of methoxy groups -OCH3 is 1. The van der Waals surface area contributed by atoms with Crippen LogP contribution in [0.2, 0.25) is 0 Å². The lowest BCUT2D eigenvalue weighted by molar-refractivity contribution is 0.0994. The second-order valence-electron chi connectivity index (χ2n) is 4.94. The van der Waals surface area contributed by atoms with Crippen molar-refractivity contribution in [3.8, 4) is 16.9 Å². The van der Waals surface area contributed by atoms with E-state index in [2.05, 4.69) is 19.1 Å². The Morgan fingerprint density at radius 3 is 2.53 bits per heavy atom. The number of fused-ring (bicyclic) bond motifs is 1. The maximum Gasteiger partial charge on any atom is 0.163 e. The zero-order chi connectivity index (χ0) is 13.4. The van der Waals surface area contributed by atoms with Crippen LogP contribution in [0.3, 0.4) is 0 Å². The van der Waals surface area contributed by atoms with Crippen LogP contribution >= 0.6 is 0 Å². The van der Waals surface area contributed by atoms with Gasteiger partial charge in [-0.15, -0.1) is 0 Å². The Balaban J connectivity index is 2.16. The van der Waals surface area contributed by atoms with E-state index in [4.69, 9.17) is 4.74 Å². The van der Waals surface area contributed by atoms with Crippen molar-refractivity contribution in [2.24, 2.45) is 0 Å². The van der Waals surface area contributed by atoms with Crippen LogP contribution in [0, 0.1) is 6.92 Å². The minimum absolute atomic E-state index is 0.267. The normalized spacial score (nSPS) is 13.5. The van der Waals surface area contributed by atoms with Crippen molar-refractivity contribution in [2.75, 3.05) is 7.11 Å². The Labute approximate surface area is 113 Å². The zero-order valence-corrected chi connectivity index (χ0v) is 11.2. The maximum absolute atomic E-state index is 11.8. The van der Waals surface area contributed by atoms with Crippen molar-refractivity contribution in [3.63, 3.8) is 0 Å². The number of benzene rings is 2. The predicted octanol–water partition coefficient (Wildman–Crippen LogP) is 3.80. The minimum Gasteiger partial charge on any atom is -0.497 e. The summed E-state index contributed by atoms with van der Waals surface area (Å²) in [5, 5.41) is 0. The van der Waals surface area contributed by atoms with Gasteiger partial charge in [0.2, 0.25) is 0 Å². The van der Waals surface area contributed by atoms with Crippen molar-refractivity contribution in [3.05, 3.63) is 53.1 Å². The summed E-state index contributed by atoms with van der Waals surface area (Å²) in [5.41, 5.74) is 5.64. The molecule has 0 aliphatic heterocycles. The lowest BCUT2D eigenvalue weighted by Crippen LogP contribution is -1.94. The summed E-state index contributed by atoms with van der Waals surface area (Å²) in [4.78, 5) is 11.8. The molecule has 3 rings (SSSR count). The molecule has 0 bridgehead atoms. The van der Waals surface area contributed by atoms with Crippen molar-refractivity contribution >= 4 is 5.78 Å². The molecule has 0 saturated heterocycles. The average molecular weight is 252 g/mol. The molecule has 0 saturated carbocycles. The number of rotatable bonds is 2. The third-order valence-corrected chi connectivity index (χ3v) is 3.80. The van der Waals surface area contributed by atoms with E-state index in [9.17, 15) is 4.79 Å². The van der Waals surface area contributed by atoms with Crippen molar-refractivity contribution in [2.45, 2.75) is 19.8 Å².